The molecule has 1 fully saturated rings. The van der Waals surface area contributed by atoms with Crippen LogP contribution in [0, 0.1) is 0 Å². The van der Waals surface area contributed by atoms with Gasteiger partial charge in [0.05, 0.1) is 0 Å². The Bertz CT molecular complexity index is 609. The van der Waals surface area contributed by atoms with Crippen molar-refractivity contribution >= 4 is 5.91 Å². The summed E-state index contributed by atoms with van der Waals surface area (Å²) in [6, 6.07) is 6.15. The monoisotopic (exact) mass is 375 g/mol. The van der Waals surface area contributed by atoms with Crippen molar-refractivity contribution in [2.24, 2.45) is 0 Å². The van der Waals surface area contributed by atoms with E-state index in [-0.39, 0.29) is 0 Å². The van der Waals surface area contributed by atoms with E-state index in [4.69, 9.17) is 9.47 Å². The number of fused-ring (bicyclic) bond motifs is 1. The lowest BCUT2D eigenvalue weighted by Gasteiger charge is -2.35. The number of piperazine rings is 1. The highest BCUT2D eigenvalue weighted by Crippen LogP contribution is 2.32. The predicted octanol–water partition coefficient (Wildman–Crippen LogP) is 2.57. The van der Waals surface area contributed by atoms with Crippen molar-refractivity contribution in [3.8, 4) is 11.5 Å². The summed E-state index contributed by atoms with van der Waals surface area (Å²) >= 11 is 0. The normalized spacial score (nSPS) is 16.9. The quantitative estimate of drug-likeness (QED) is 0.664. The number of hydrogen-bond acceptors (Lipinski definition) is 5. The molecular formula is C21H33N3O3. The smallest absolute Gasteiger partial charge is 0.231 e. The van der Waals surface area contributed by atoms with Crippen molar-refractivity contribution in [3.05, 3.63) is 23.8 Å². The van der Waals surface area contributed by atoms with E-state index in [1.165, 1.54) is 5.56 Å². The molecule has 0 unspecified atom stereocenters. The van der Waals surface area contributed by atoms with Gasteiger partial charge in [0.2, 0.25) is 12.7 Å². The van der Waals surface area contributed by atoms with Crippen LogP contribution in [-0.2, 0) is 11.3 Å². The van der Waals surface area contributed by atoms with Gasteiger partial charge in [-0.3, -0.25) is 9.69 Å². The predicted molar refractivity (Wildman–Crippen MR) is 106 cm³/mol. The van der Waals surface area contributed by atoms with E-state index in [9.17, 15) is 4.79 Å². The van der Waals surface area contributed by atoms with E-state index >= 15 is 0 Å². The Morgan fingerprint density at radius 3 is 2.41 bits per heavy atom. The Labute approximate surface area is 163 Å². The van der Waals surface area contributed by atoms with E-state index in [1.807, 2.05) is 11.0 Å². The van der Waals surface area contributed by atoms with Crippen molar-refractivity contribution < 1.29 is 14.3 Å². The zero-order chi connectivity index (χ0) is 19.1. The summed E-state index contributed by atoms with van der Waals surface area (Å²) in [6.45, 7) is 12.2. The molecule has 150 valence electrons. The van der Waals surface area contributed by atoms with Crippen LogP contribution < -0.4 is 9.47 Å². The summed E-state index contributed by atoms with van der Waals surface area (Å²) in [7, 11) is 0. The van der Waals surface area contributed by atoms with Gasteiger partial charge in [-0.2, -0.15) is 0 Å². The fraction of sp³-hybridized carbons (Fsp3) is 0.667. The standard InChI is InChI=1S/C21H33N3O3/c1-3-8-22(9-4-2)10-7-21(25)24-13-11-23(12-14-24)16-18-5-6-19-20(15-18)27-17-26-19/h5-6,15H,3-4,7-14,16-17H2,1-2H3. The third-order valence-corrected chi connectivity index (χ3v) is 5.29. The average molecular weight is 376 g/mol. The Balaban J connectivity index is 1.41. The van der Waals surface area contributed by atoms with Crippen LogP contribution in [0.25, 0.3) is 0 Å². The molecule has 1 saturated heterocycles. The van der Waals surface area contributed by atoms with E-state index < -0.39 is 0 Å². The van der Waals surface area contributed by atoms with Crippen LogP contribution in [0.15, 0.2) is 18.2 Å². The van der Waals surface area contributed by atoms with Crippen LogP contribution >= 0.6 is 0 Å². The van der Waals surface area contributed by atoms with Crippen LogP contribution in [0.5, 0.6) is 11.5 Å². The molecular weight excluding hydrogens is 342 g/mol. The largest absolute Gasteiger partial charge is 0.454 e. The number of carbonyl (C=O) groups is 1. The number of carbonyl (C=O) groups excluding carboxylic acids is 1. The molecule has 0 spiro atoms. The van der Waals surface area contributed by atoms with Crippen LogP contribution in [0.3, 0.4) is 0 Å². The molecule has 27 heavy (non-hydrogen) atoms. The van der Waals surface area contributed by atoms with Crippen molar-refractivity contribution in [1.29, 1.82) is 0 Å². The van der Waals surface area contributed by atoms with Gasteiger partial charge in [-0.05, 0) is 43.6 Å². The third-order valence-electron chi connectivity index (χ3n) is 5.29. The van der Waals surface area contributed by atoms with Crippen molar-refractivity contribution in [2.45, 2.75) is 39.7 Å². The fourth-order valence-corrected chi connectivity index (χ4v) is 3.83. The van der Waals surface area contributed by atoms with Crippen LogP contribution in [0.4, 0.5) is 0 Å². The fourth-order valence-electron chi connectivity index (χ4n) is 3.83. The molecule has 0 aromatic heterocycles. The zero-order valence-corrected chi connectivity index (χ0v) is 16.8. The minimum absolute atomic E-state index is 0.301. The molecule has 3 rings (SSSR count). The molecule has 1 amide bonds. The second kappa shape index (κ2) is 9.95. The topological polar surface area (TPSA) is 45.3 Å². The molecule has 0 atom stereocenters. The maximum Gasteiger partial charge on any atom is 0.231 e. The van der Waals surface area contributed by atoms with Crippen LogP contribution in [0.1, 0.15) is 38.7 Å². The molecule has 6 heteroatoms. The van der Waals surface area contributed by atoms with Gasteiger partial charge < -0.3 is 19.3 Å². The third kappa shape index (κ3) is 5.59. The summed E-state index contributed by atoms with van der Waals surface area (Å²) in [4.78, 5) is 19.4. The first-order valence-corrected chi connectivity index (χ1v) is 10.3. The Morgan fingerprint density at radius 1 is 1.00 bits per heavy atom. The lowest BCUT2D eigenvalue weighted by atomic mass is 10.1. The molecule has 0 radical (unpaired) electrons. The van der Waals surface area contributed by atoms with E-state index in [1.54, 1.807) is 0 Å². The minimum Gasteiger partial charge on any atom is -0.454 e. The number of amides is 1. The van der Waals surface area contributed by atoms with Gasteiger partial charge >= 0.3 is 0 Å². The summed E-state index contributed by atoms with van der Waals surface area (Å²) in [5.41, 5.74) is 1.23. The van der Waals surface area contributed by atoms with Gasteiger partial charge in [-0.15, -0.1) is 0 Å². The molecule has 2 aliphatic heterocycles. The molecule has 0 bridgehead atoms. The second-order valence-electron chi connectivity index (χ2n) is 7.44. The lowest BCUT2D eigenvalue weighted by molar-refractivity contribution is -0.133. The SMILES string of the molecule is CCCN(CCC)CCC(=O)N1CCN(Cc2ccc3c(c2)OCO3)CC1. The molecule has 2 aliphatic rings. The van der Waals surface area contributed by atoms with Gasteiger partial charge in [-0.25, -0.2) is 0 Å². The summed E-state index contributed by atoms with van der Waals surface area (Å²) in [5.74, 6) is 1.97. The highest BCUT2D eigenvalue weighted by molar-refractivity contribution is 5.76. The highest BCUT2D eigenvalue weighted by atomic mass is 16.7. The van der Waals surface area contributed by atoms with Gasteiger partial charge in [0.25, 0.3) is 0 Å². The number of ether oxygens (including phenoxy) is 2. The summed E-state index contributed by atoms with van der Waals surface area (Å²) in [5, 5.41) is 0. The Morgan fingerprint density at radius 2 is 1.70 bits per heavy atom. The maximum atomic E-state index is 12.6. The van der Waals surface area contributed by atoms with Gasteiger partial charge in [0.1, 0.15) is 0 Å². The molecule has 2 heterocycles. The first kappa shape index (κ1) is 20.0. The minimum atomic E-state index is 0.301. The molecule has 1 aromatic carbocycles. The molecule has 0 saturated carbocycles. The number of rotatable bonds is 9. The van der Waals surface area contributed by atoms with Crippen LogP contribution in [0.2, 0.25) is 0 Å². The van der Waals surface area contributed by atoms with E-state index in [2.05, 4.69) is 35.8 Å². The Kier molecular flexibility index (Phi) is 7.35. The van der Waals surface area contributed by atoms with E-state index in [0.717, 1.165) is 76.7 Å². The summed E-state index contributed by atoms with van der Waals surface area (Å²) < 4.78 is 10.8. The second-order valence-corrected chi connectivity index (χ2v) is 7.44. The first-order valence-electron chi connectivity index (χ1n) is 10.3. The van der Waals surface area contributed by atoms with E-state index in [0.29, 0.717) is 19.1 Å². The van der Waals surface area contributed by atoms with Gasteiger partial charge in [0, 0.05) is 45.7 Å². The molecule has 1 aromatic rings. The van der Waals surface area contributed by atoms with Gasteiger partial charge in [-0.1, -0.05) is 19.9 Å². The van der Waals surface area contributed by atoms with Crippen LogP contribution in [-0.4, -0.2) is 73.2 Å². The summed E-state index contributed by atoms with van der Waals surface area (Å²) in [6.07, 6.45) is 2.93. The van der Waals surface area contributed by atoms with Crippen molar-refractivity contribution in [3.63, 3.8) is 0 Å². The number of nitrogens with zero attached hydrogens (tertiary/aromatic N) is 3. The highest BCUT2D eigenvalue weighted by Gasteiger charge is 2.22. The lowest BCUT2D eigenvalue weighted by Crippen LogP contribution is -2.48. The van der Waals surface area contributed by atoms with Crippen molar-refractivity contribution in [1.82, 2.24) is 14.7 Å². The molecule has 0 aliphatic carbocycles. The maximum absolute atomic E-state index is 12.6. The van der Waals surface area contributed by atoms with Gasteiger partial charge in [0.15, 0.2) is 11.5 Å². The Hall–Kier alpha value is -1.79. The van der Waals surface area contributed by atoms with Crippen molar-refractivity contribution in [2.75, 3.05) is 52.6 Å². The first-order chi connectivity index (χ1) is 13.2. The zero-order valence-electron chi connectivity index (χ0n) is 16.8. The number of hydrogen-bond donors (Lipinski definition) is 0. The molecule has 0 N–H and O–H groups in total. The molecule has 6 nitrogen and oxygen atoms in total. The number of benzene rings is 1. The average Bonchev–Trinajstić information content (AvgIpc) is 3.14.